The molecule has 1 N–H and O–H groups in total. The van der Waals surface area contributed by atoms with Gasteiger partial charge in [-0.15, -0.1) is 0 Å². The molecule has 8 heteroatoms. The summed E-state index contributed by atoms with van der Waals surface area (Å²) in [4.78, 5) is 9.23. The van der Waals surface area contributed by atoms with Crippen LogP contribution in [0.25, 0.3) is 21.3 Å². The van der Waals surface area contributed by atoms with Crippen molar-refractivity contribution in [3.63, 3.8) is 0 Å². The lowest BCUT2D eigenvalue weighted by molar-refractivity contribution is 0.120. The zero-order chi connectivity index (χ0) is 20.5. The molecule has 2 aromatic heterocycles. The summed E-state index contributed by atoms with van der Waals surface area (Å²) in [6.45, 7) is 2.41. The summed E-state index contributed by atoms with van der Waals surface area (Å²) in [6, 6.07) is 10.3. The van der Waals surface area contributed by atoms with Gasteiger partial charge in [0.15, 0.2) is 16.6 Å². The first-order valence-corrected chi connectivity index (χ1v) is 10.9. The molecular formula is C22H24N4O3S. The van der Waals surface area contributed by atoms with E-state index in [1.807, 2.05) is 18.5 Å². The molecule has 0 bridgehead atoms. The number of benzene rings is 2. The third kappa shape index (κ3) is 3.68. The first-order valence-electron chi connectivity index (χ1n) is 10.1. The van der Waals surface area contributed by atoms with Gasteiger partial charge < -0.3 is 24.1 Å². The highest BCUT2D eigenvalue weighted by Crippen LogP contribution is 2.32. The van der Waals surface area contributed by atoms with Gasteiger partial charge in [-0.25, -0.2) is 9.97 Å². The molecule has 0 radical (unpaired) electrons. The van der Waals surface area contributed by atoms with Crippen molar-refractivity contribution in [1.29, 1.82) is 0 Å². The maximum atomic E-state index is 5.68. The molecule has 156 valence electrons. The van der Waals surface area contributed by atoms with Gasteiger partial charge >= 0.3 is 0 Å². The van der Waals surface area contributed by atoms with Gasteiger partial charge in [-0.2, -0.15) is 0 Å². The predicted octanol–water partition coefficient (Wildman–Crippen LogP) is 4.30. The minimum Gasteiger partial charge on any atom is -0.493 e. The molecule has 1 aliphatic rings. The molecule has 4 aromatic rings. The zero-order valence-corrected chi connectivity index (χ0v) is 17.9. The van der Waals surface area contributed by atoms with Crippen LogP contribution in [-0.4, -0.2) is 48.0 Å². The number of aromatic nitrogens is 3. The van der Waals surface area contributed by atoms with E-state index in [0.717, 1.165) is 54.2 Å². The fraction of sp³-hybridized carbons (Fsp3) is 0.364. The first kappa shape index (κ1) is 19.1. The number of nitrogens with one attached hydrogen (secondary N) is 1. The maximum Gasteiger partial charge on any atom is 0.183 e. The highest BCUT2D eigenvalue weighted by molar-refractivity contribution is 7.22. The van der Waals surface area contributed by atoms with Crippen LogP contribution in [0.5, 0.6) is 11.5 Å². The van der Waals surface area contributed by atoms with E-state index in [4.69, 9.17) is 19.2 Å². The van der Waals surface area contributed by atoms with E-state index in [-0.39, 0.29) is 0 Å². The van der Waals surface area contributed by atoms with Gasteiger partial charge in [0.1, 0.15) is 0 Å². The summed E-state index contributed by atoms with van der Waals surface area (Å²) in [5.41, 5.74) is 4.11. The highest BCUT2D eigenvalue weighted by atomic mass is 32.1. The fourth-order valence-electron chi connectivity index (χ4n) is 3.86. The summed E-state index contributed by atoms with van der Waals surface area (Å²) in [5, 5.41) is 4.38. The number of anilines is 1. The Morgan fingerprint density at radius 1 is 1.17 bits per heavy atom. The predicted molar refractivity (Wildman–Crippen MR) is 119 cm³/mol. The number of hydrogen-bond acceptors (Lipinski definition) is 7. The number of rotatable bonds is 7. The minimum absolute atomic E-state index is 0.303. The number of hydrogen-bond donors (Lipinski definition) is 1. The normalized spacial score (nSPS) is 16.4. The van der Waals surface area contributed by atoms with Gasteiger partial charge in [0, 0.05) is 31.8 Å². The summed E-state index contributed by atoms with van der Waals surface area (Å²) in [6.07, 6.45) is 4.43. The lowest BCUT2D eigenvalue weighted by Gasteiger charge is -2.09. The van der Waals surface area contributed by atoms with E-state index in [2.05, 4.69) is 33.1 Å². The highest BCUT2D eigenvalue weighted by Gasteiger charge is 2.16. The molecule has 7 nitrogen and oxygen atoms in total. The lowest BCUT2D eigenvalue weighted by atomic mass is 10.2. The Balaban J connectivity index is 1.37. The van der Waals surface area contributed by atoms with Crippen LogP contribution in [0.3, 0.4) is 0 Å². The molecule has 0 spiro atoms. The minimum atomic E-state index is 0.303. The van der Waals surface area contributed by atoms with Crippen molar-refractivity contribution >= 4 is 37.7 Å². The molecule has 0 amide bonds. The number of nitrogens with zero attached hydrogens (tertiary/aromatic N) is 3. The second-order valence-corrected chi connectivity index (χ2v) is 8.44. The number of fused-ring (bicyclic) bond motifs is 2. The summed E-state index contributed by atoms with van der Waals surface area (Å²) in [5.74, 6) is 1.39. The monoisotopic (exact) mass is 424 g/mol. The maximum absolute atomic E-state index is 5.68. The van der Waals surface area contributed by atoms with Crippen LogP contribution in [0.15, 0.2) is 36.7 Å². The third-order valence-corrected chi connectivity index (χ3v) is 6.41. The van der Waals surface area contributed by atoms with Crippen molar-refractivity contribution in [2.24, 2.45) is 0 Å². The van der Waals surface area contributed by atoms with Crippen molar-refractivity contribution in [2.45, 2.75) is 25.5 Å². The topological polar surface area (TPSA) is 70.4 Å². The quantitative estimate of drug-likeness (QED) is 0.477. The van der Waals surface area contributed by atoms with Crippen LogP contribution in [-0.2, 0) is 11.3 Å². The summed E-state index contributed by atoms with van der Waals surface area (Å²) >= 11 is 1.68. The van der Waals surface area contributed by atoms with E-state index in [9.17, 15) is 0 Å². The van der Waals surface area contributed by atoms with Crippen molar-refractivity contribution in [1.82, 2.24) is 14.5 Å². The molecule has 1 aliphatic heterocycles. The van der Waals surface area contributed by atoms with Crippen LogP contribution < -0.4 is 14.8 Å². The molecular weight excluding hydrogens is 400 g/mol. The average Bonchev–Trinajstić information content (AvgIpc) is 3.51. The largest absolute Gasteiger partial charge is 0.493 e. The van der Waals surface area contributed by atoms with Gasteiger partial charge in [0.05, 0.1) is 47.9 Å². The number of thiazole rings is 1. The number of ether oxygens (including phenoxy) is 3. The average molecular weight is 425 g/mol. The second kappa shape index (κ2) is 8.12. The summed E-state index contributed by atoms with van der Waals surface area (Å²) < 4.78 is 19.8. The Labute approximate surface area is 178 Å². The van der Waals surface area contributed by atoms with E-state index in [0.29, 0.717) is 17.6 Å². The van der Waals surface area contributed by atoms with E-state index in [1.54, 1.807) is 25.6 Å². The van der Waals surface area contributed by atoms with Crippen LogP contribution in [0.4, 0.5) is 5.13 Å². The van der Waals surface area contributed by atoms with E-state index < -0.39 is 0 Å². The number of imidazole rings is 1. The van der Waals surface area contributed by atoms with Gasteiger partial charge in [0.25, 0.3) is 0 Å². The van der Waals surface area contributed by atoms with Crippen molar-refractivity contribution in [3.05, 3.63) is 42.2 Å². The molecule has 2 aromatic carbocycles. The van der Waals surface area contributed by atoms with Crippen molar-refractivity contribution < 1.29 is 14.2 Å². The smallest absolute Gasteiger partial charge is 0.183 e. The molecule has 0 aliphatic carbocycles. The second-order valence-electron chi connectivity index (χ2n) is 7.41. The van der Waals surface area contributed by atoms with Crippen molar-refractivity contribution in [3.8, 4) is 11.5 Å². The molecule has 30 heavy (non-hydrogen) atoms. The Bertz CT molecular complexity index is 1180. The standard InChI is InChI=1S/C22H24N4O3S/c1-27-19-9-17-18(10-20(19)28-2)26(13-24-17)12-14-5-6-16-21(8-14)30-22(25-16)23-11-15-4-3-7-29-15/h5-6,8-10,13,15H,3-4,7,11-12H2,1-2H3,(H,23,25)/t15-/m1/s1. The zero-order valence-electron chi connectivity index (χ0n) is 17.1. The molecule has 3 heterocycles. The number of methoxy groups -OCH3 is 2. The Morgan fingerprint density at radius 2 is 2.03 bits per heavy atom. The molecule has 1 fully saturated rings. The molecule has 5 rings (SSSR count). The van der Waals surface area contributed by atoms with E-state index >= 15 is 0 Å². The van der Waals surface area contributed by atoms with Crippen molar-refractivity contribution in [2.75, 3.05) is 32.7 Å². The van der Waals surface area contributed by atoms with Gasteiger partial charge in [-0.3, -0.25) is 0 Å². The van der Waals surface area contributed by atoms with Crippen LogP contribution in [0.2, 0.25) is 0 Å². The Hall–Kier alpha value is -2.84. The van der Waals surface area contributed by atoms with Crippen LogP contribution in [0.1, 0.15) is 18.4 Å². The first-order chi connectivity index (χ1) is 14.7. The fourth-order valence-corrected chi connectivity index (χ4v) is 4.79. The molecule has 0 unspecified atom stereocenters. The van der Waals surface area contributed by atoms with Crippen LogP contribution in [0, 0.1) is 0 Å². The SMILES string of the molecule is COc1cc2ncn(Cc3ccc4nc(NC[C@H]5CCCO5)sc4c3)c2cc1OC. The van der Waals surface area contributed by atoms with Gasteiger partial charge in [0.2, 0.25) is 0 Å². The van der Waals surface area contributed by atoms with Gasteiger partial charge in [-0.05, 0) is 30.5 Å². The molecule has 0 saturated carbocycles. The van der Waals surface area contributed by atoms with E-state index in [1.165, 1.54) is 10.3 Å². The van der Waals surface area contributed by atoms with Gasteiger partial charge in [-0.1, -0.05) is 17.4 Å². The molecule has 1 atom stereocenters. The summed E-state index contributed by atoms with van der Waals surface area (Å²) in [7, 11) is 3.28. The Kier molecular flexibility index (Phi) is 5.18. The molecule has 1 saturated heterocycles. The lowest BCUT2D eigenvalue weighted by Crippen LogP contribution is -2.18. The van der Waals surface area contributed by atoms with Crippen LogP contribution >= 0.6 is 11.3 Å². The third-order valence-electron chi connectivity index (χ3n) is 5.44. The Morgan fingerprint density at radius 3 is 2.83 bits per heavy atom.